The highest BCUT2D eigenvalue weighted by molar-refractivity contribution is 6.05. The Morgan fingerprint density at radius 2 is 1.88 bits per heavy atom. The fourth-order valence-electron chi connectivity index (χ4n) is 3.62. The molecule has 1 N–H and O–H groups in total. The number of carboxylic acids is 1. The van der Waals surface area contributed by atoms with E-state index in [0.717, 1.165) is 52.9 Å². The van der Waals surface area contributed by atoms with Crippen molar-refractivity contribution < 1.29 is 14.6 Å². The van der Waals surface area contributed by atoms with Gasteiger partial charge in [-0.15, -0.1) is 0 Å². The normalized spacial score (nSPS) is 15.0. The molecule has 4 heteroatoms. The molecule has 0 saturated heterocycles. The number of allylic oxidation sites excluding steroid dienone is 1. The zero-order chi connectivity index (χ0) is 18.1. The van der Waals surface area contributed by atoms with Gasteiger partial charge in [0, 0.05) is 5.39 Å². The summed E-state index contributed by atoms with van der Waals surface area (Å²) in [5.41, 5.74) is 4.94. The van der Waals surface area contributed by atoms with Gasteiger partial charge in [0.05, 0.1) is 23.9 Å². The molecule has 0 unspecified atom stereocenters. The Bertz CT molecular complexity index is 1020. The number of fused-ring (bicyclic) bond motifs is 2. The third-order valence-corrected chi connectivity index (χ3v) is 4.84. The van der Waals surface area contributed by atoms with Gasteiger partial charge in [-0.1, -0.05) is 30.3 Å². The van der Waals surface area contributed by atoms with Crippen LogP contribution in [0.2, 0.25) is 0 Å². The minimum absolute atomic E-state index is 0.394. The Hall–Kier alpha value is -3.14. The van der Waals surface area contributed by atoms with Crippen molar-refractivity contribution in [1.82, 2.24) is 4.98 Å². The van der Waals surface area contributed by atoms with Gasteiger partial charge in [0.1, 0.15) is 5.75 Å². The molecule has 26 heavy (non-hydrogen) atoms. The van der Waals surface area contributed by atoms with Gasteiger partial charge in [-0.3, -0.25) is 0 Å². The summed E-state index contributed by atoms with van der Waals surface area (Å²) >= 11 is 0. The van der Waals surface area contributed by atoms with E-state index in [9.17, 15) is 9.90 Å². The summed E-state index contributed by atoms with van der Waals surface area (Å²) in [5.74, 6) is -0.0703. The highest BCUT2D eigenvalue weighted by Gasteiger charge is 2.24. The number of methoxy groups -OCH3 is 1. The summed E-state index contributed by atoms with van der Waals surface area (Å²) in [4.78, 5) is 16.8. The van der Waals surface area contributed by atoms with Crippen molar-refractivity contribution in [3.8, 4) is 5.75 Å². The second-order valence-corrected chi connectivity index (χ2v) is 6.43. The molecule has 0 radical (unpaired) electrons. The topological polar surface area (TPSA) is 59.4 Å². The Morgan fingerprint density at radius 1 is 1.12 bits per heavy atom. The summed E-state index contributed by atoms with van der Waals surface area (Å²) < 4.78 is 5.21. The number of carboxylic acid groups (broad SMARTS) is 1. The predicted octanol–water partition coefficient (Wildman–Crippen LogP) is 4.82. The monoisotopic (exact) mass is 345 g/mol. The number of rotatable bonds is 3. The number of aromatic nitrogens is 1. The fraction of sp³-hybridized carbons (Fsp3) is 0.182. The lowest BCUT2D eigenvalue weighted by atomic mass is 9.86. The van der Waals surface area contributed by atoms with Crippen molar-refractivity contribution in [2.75, 3.05) is 7.11 Å². The maximum Gasteiger partial charge on any atom is 0.336 e. The minimum atomic E-state index is -0.884. The molecule has 0 spiro atoms. The van der Waals surface area contributed by atoms with Crippen LogP contribution in [0, 0.1) is 0 Å². The standard InChI is InChI=1S/C22H19NO3/c1-26-16-11-9-14(10-12-16)13-15-5-4-7-18-20(22(24)25)17-6-2-3-8-19(17)23-21(15)18/h2-3,6,8-13H,4-5,7H2,1H3,(H,24,25). The number of hydrogen-bond acceptors (Lipinski definition) is 3. The zero-order valence-electron chi connectivity index (χ0n) is 14.5. The lowest BCUT2D eigenvalue weighted by Gasteiger charge is -2.21. The van der Waals surface area contributed by atoms with Crippen LogP contribution >= 0.6 is 0 Å². The molecule has 0 aliphatic heterocycles. The van der Waals surface area contributed by atoms with E-state index in [-0.39, 0.29) is 0 Å². The molecule has 4 rings (SSSR count). The van der Waals surface area contributed by atoms with Gasteiger partial charge in [-0.2, -0.15) is 0 Å². The average molecular weight is 345 g/mol. The number of para-hydroxylation sites is 1. The number of hydrogen-bond donors (Lipinski definition) is 1. The highest BCUT2D eigenvalue weighted by atomic mass is 16.5. The van der Waals surface area contributed by atoms with Crippen molar-refractivity contribution in [1.29, 1.82) is 0 Å². The lowest BCUT2D eigenvalue weighted by molar-refractivity contribution is 0.0697. The van der Waals surface area contributed by atoms with Crippen LogP contribution in [-0.2, 0) is 6.42 Å². The summed E-state index contributed by atoms with van der Waals surface area (Å²) in [5, 5.41) is 10.5. The number of ether oxygens (including phenoxy) is 1. The molecule has 0 saturated carbocycles. The van der Waals surface area contributed by atoms with E-state index in [2.05, 4.69) is 6.08 Å². The van der Waals surface area contributed by atoms with E-state index in [0.29, 0.717) is 10.9 Å². The van der Waals surface area contributed by atoms with Crippen molar-refractivity contribution in [2.45, 2.75) is 19.3 Å². The van der Waals surface area contributed by atoms with E-state index >= 15 is 0 Å². The van der Waals surface area contributed by atoms with Crippen LogP contribution in [0.5, 0.6) is 5.75 Å². The Balaban J connectivity index is 1.90. The van der Waals surface area contributed by atoms with Crippen LogP contribution in [0.4, 0.5) is 0 Å². The number of aromatic carboxylic acids is 1. The van der Waals surface area contributed by atoms with Crippen molar-refractivity contribution >= 4 is 28.5 Å². The predicted molar refractivity (Wildman–Crippen MR) is 103 cm³/mol. The van der Waals surface area contributed by atoms with Crippen molar-refractivity contribution in [3.05, 3.63) is 70.9 Å². The molecule has 0 amide bonds. The van der Waals surface area contributed by atoms with E-state index in [4.69, 9.17) is 9.72 Å². The summed E-state index contributed by atoms with van der Waals surface area (Å²) in [7, 11) is 1.65. The third kappa shape index (κ3) is 2.84. The molecular weight excluding hydrogens is 326 g/mol. The van der Waals surface area contributed by atoms with Gasteiger partial charge >= 0.3 is 5.97 Å². The van der Waals surface area contributed by atoms with E-state index in [1.807, 2.05) is 48.5 Å². The second kappa shape index (κ2) is 6.64. The zero-order valence-corrected chi connectivity index (χ0v) is 14.5. The third-order valence-electron chi connectivity index (χ3n) is 4.84. The number of benzene rings is 2. The fourth-order valence-corrected chi connectivity index (χ4v) is 3.62. The lowest BCUT2D eigenvalue weighted by Crippen LogP contribution is -2.13. The number of carbonyl (C=O) groups is 1. The molecule has 0 atom stereocenters. The molecule has 1 aromatic heterocycles. The average Bonchev–Trinajstić information content (AvgIpc) is 2.67. The first-order valence-electron chi connectivity index (χ1n) is 8.67. The Labute approximate surface area is 151 Å². The molecule has 1 heterocycles. The number of nitrogens with zero attached hydrogens (tertiary/aromatic N) is 1. The van der Waals surface area contributed by atoms with Crippen molar-refractivity contribution in [2.24, 2.45) is 0 Å². The highest BCUT2D eigenvalue weighted by Crippen LogP contribution is 2.36. The molecule has 3 aromatic rings. The van der Waals surface area contributed by atoms with Crippen LogP contribution in [0.1, 0.15) is 40.0 Å². The van der Waals surface area contributed by atoms with Gasteiger partial charge in [-0.25, -0.2) is 9.78 Å². The van der Waals surface area contributed by atoms with Crippen LogP contribution in [0.25, 0.3) is 22.6 Å². The molecule has 130 valence electrons. The van der Waals surface area contributed by atoms with Gasteiger partial charge in [-0.05, 0) is 60.2 Å². The van der Waals surface area contributed by atoms with Crippen LogP contribution in [0.3, 0.4) is 0 Å². The Morgan fingerprint density at radius 3 is 2.62 bits per heavy atom. The molecule has 2 aromatic carbocycles. The van der Waals surface area contributed by atoms with Crippen LogP contribution in [-0.4, -0.2) is 23.2 Å². The maximum absolute atomic E-state index is 12.0. The molecule has 1 aliphatic carbocycles. The SMILES string of the molecule is COc1ccc(C=C2CCCc3c2nc2ccccc2c3C(=O)O)cc1. The van der Waals surface area contributed by atoms with Crippen LogP contribution < -0.4 is 4.74 Å². The van der Waals surface area contributed by atoms with E-state index in [1.54, 1.807) is 7.11 Å². The van der Waals surface area contributed by atoms with E-state index in [1.165, 1.54) is 0 Å². The second-order valence-electron chi connectivity index (χ2n) is 6.43. The molecular formula is C22H19NO3. The Kier molecular flexibility index (Phi) is 4.17. The largest absolute Gasteiger partial charge is 0.497 e. The first-order valence-corrected chi connectivity index (χ1v) is 8.67. The van der Waals surface area contributed by atoms with E-state index < -0.39 is 5.97 Å². The van der Waals surface area contributed by atoms with Crippen LogP contribution in [0.15, 0.2) is 48.5 Å². The first-order chi connectivity index (χ1) is 12.7. The first kappa shape index (κ1) is 16.3. The summed E-state index contributed by atoms with van der Waals surface area (Å²) in [6, 6.07) is 15.3. The summed E-state index contributed by atoms with van der Waals surface area (Å²) in [6.45, 7) is 0. The molecule has 0 bridgehead atoms. The van der Waals surface area contributed by atoms with Gasteiger partial charge in [0.2, 0.25) is 0 Å². The molecule has 4 nitrogen and oxygen atoms in total. The van der Waals surface area contributed by atoms with Gasteiger partial charge in [0.25, 0.3) is 0 Å². The number of pyridine rings is 1. The maximum atomic E-state index is 12.0. The quantitative estimate of drug-likeness (QED) is 0.739. The molecule has 0 fully saturated rings. The summed E-state index contributed by atoms with van der Waals surface area (Å²) in [6.07, 6.45) is 4.66. The smallest absolute Gasteiger partial charge is 0.336 e. The molecule has 1 aliphatic rings. The van der Waals surface area contributed by atoms with Gasteiger partial charge in [0.15, 0.2) is 0 Å². The minimum Gasteiger partial charge on any atom is -0.497 e. The van der Waals surface area contributed by atoms with Crippen molar-refractivity contribution in [3.63, 3.8) is 0 Å². The van der Waals surface area contributed by atoms with Gasteiger partial charge < -0.3 is 9.84 Å².